The number of sulfonamides is 1. The second-order valence-electron chi connectivity index (χ2n) is 6.75. The van der Waals surface area contributed by atoms with Crippen LogP contribution in [0.25, 0.3) is 0 Å². The van der Waals surface area contributed by atoms with Gasteiger partial charge in [0.1, 0.15) is 0 Å². The minimum absolute atomic E-state index is 0.122. The van der Waals surface area contributed by atoms with Crippen LogP contribution in [0.5, 0.6) is 0 Å². The predicted molar refractivity (Wildman–Crippen MR) is 112 cm³/mol. The zero-order valence-electron chi connectivity index (χ0n) is 15.5. The first kappa shape index (κ1) is 19.8. The summed E-state index contributed by atoms with van der Waals surface area (Å²) in [5.74, 6) is 1.64. The lowest BCUT2D eigenvalue weighted by Gasteiger charge is -2.21. The van der Waals surface area contributed by atoms with E-state index in [0.717, 1.165) is 17.1 Å². The van der Waals surface area contributed by atoms with Crippen molar-refractivity contribution in [3.05, 3.63) is 65.2 Å². The van der Waals surface area contributed by atoms with Crippen molar-refractivity contribution in [1.29, 1.82) is 0 Å². The smallest absolute Gasteiger partial charge is 0.251 e. The summed E-state index contributed by atoms with van der Waals surface area (Å²) in [4.78, 5) is 12.4. The Kier molecular flexibility index (Phi) is 6.11. The van der Waals surface area contributed by atoms with E-state index in [4.69, 9.17) is 0 Å². The van der Waals surface area contributed by atoms with E-state index in [1.165, 1.54) is 16.1 Å². The molecule has 0 unspecified atom stereocenters. The standard InChI is InChI=1S/C20H24N2O3S2/c1-15-12-18-13-17(8-9-19(18)22(15)27(2,24)25)20(23)21-10-11-26-14-16-6-4-3-5-7-16/h3-9,13,15H,10-12,14H2,1-2H3,(H,21,23)/t15-/m0/s1. The van der Waals surface area contributed by atoms with Crippen molar-refractivity contribution in [3.63, 3.8) is 0 Å². The van der Waals surface area contributed by atoms with Crippen molar-refractivity contribution >= 4 is 33.4 Å². The lowest BCUT2D eigenvalue weighted by molar-refractivity contribution is 0.0956. The van der Waals surface area contributed by atoms with Crippen LogP contribution in [0.2, 0.25) is 0 Å². The first-order chi connectivity index (χ1) is 12.9. The summed E-state index contributed by atoms with van der Waals surface area (Å²) in [7, 11) is -3.31. The van der Waals surface area contributed by atoms with Crippen LogP contribution in [0, 0.1) is 0 Å². The van der Waals surface area contributed by atoms with Crippen molar-refractivity contribution in [2.75, 3.05) is 22.9 Å². The van der Waals surface area contributed by atoms with Gasteiger partial charge in [0, 0.05) is 29.7 Å². The number of anilines is 1. The highest BCUT2D eigenvalue weighted by atomic mass is 32.2. The molecule has 0 saturated heterocycles. The summed E-state index contributed by atoms with van der Waals surface area (Å²) >= 11 is 1.78. The number of nitrogens with one attached hydrogen (secondary N) is 1. The van der Waals surface area contributed by atoms with Crippen molar-refractivity contribution in [2.45, 2.75) is 25.1 Å². The molecule has 27 heavy (non-hydrogen) atoms. The second-order valence-corrected chi connectivity index (χ2v) is 9.71. The molecule has 5 nitrogen and oxygen atoms in total. The molecule has 0 fully saturated rings. The topological polar surface area (TPSA) is 66.5 Å². The Balaban J connectivity index is 1.53. The van der Waals surface area contributed by atoms with Gasteiger partial charge in [-0.3, -0.25) is 9.10 Å². The van der Waals surface area contributed by atoms with Crippen LogP contribution in [0.3, 0.4) is 0 Å². The largest absolute Gasteiger partial charge is 0.351 e. The number of nitrogens with zero attached hydrogens (tertiary/aromatic N) is 1. The summed E-state index contributed by atoms with van der Waals surface area (Å²) in [6.45, 7) is 2.48. The van der Waals surface area contributed by atoms with Crippen LogP contribution in [0.4, 0.5) is 5.69 Å². The molecule has 0 bridgehead atoms. The maximum Gasteiger partial charge on any atom is 0.251 e. The van der Waals surface area contributed by atoms with Crippen molar-refractivity contribution in [1.82, 2.24) is 5.32 Å². The Bertz CT molecular complexity index is 914. The third-order valence-electron chi connectivity index (χ3n) is 4.50. The van der Waals surface area contributed by atoms with Crippen molar-refractivity contribution < 1.29 is 13.2 Å². The number of thioether (sulfide) groups is 1. The highest BCUT2D eigenvalue weighted by Crippen LogP contribution is 2.34. The van der Waals surface area contributed by atoms with Crippen LogP contribution < -0.4 is 9.62 Å². The maximum absolute atomic E-state index is 12.4. The average Bonchev–Trinajstić information content (AvgIpc) is 2.97. The van der Waals surface area contributed by atoms with Crippen LogP contribution in [0.1, 0.15) is 28.4 Å². The molecule has 0 aromatic heterocycles. The molecule has 1 amide bonds. The zero-order chi connectivity index (χ0) is 19.4. The summed E-state index contributed by atoms with van der Waals surface area (Å²) in [6.07, 6.45) is 1.84. The highest BCUT2D eigenvalue weighted by Gasteiger charge is 2.32. The predicted octanol–water partition coefficient (Wildman–Crippen LogP) is 3.06. The molecule has 0 radical (unpaired) electrons. The number of hydrogen-bond donors (Lipinski definition) is 1. The molecule has 1 heterocycles. The van der Waals surface area contributed by atoms with E-state index < -0.39 is 10.0 Å². The second kappa shape index (κ2) is 8.35. The Labute approximate surface area is 165 Å². The summed E-state index contributed by atoms with van der Waals surface area (Å²) in [5.41, 5.74) is 3.43. The minimum atomic E-state index is -3.31. The van der Waals surface area contributed by atoms with E-state index in [1.54, 1.807) is 23.9 Å². The molecule has 1 aliphatic rings. The molecule has 0 spiro atoms. The van der Waals surface area contributed by atoms with E-state index in [9.17, 15) is 13.2 Å². The van der Waals surface area contributed by atoms with Gasteiger partial charge in [-0.15, -0.1) is 0 Å². The molecule has 2 aromatic carbocycles. The van der Waals surface area contributed by atoms with Crippen molar-refractivity contribution in [3.8, 4) is 0 Å². The molecule has 1 aliphatic heterocycles. The fraction of sp³-hybridized carbons (Fsp3) is 0.350. The Hall–Kier alpha value is -1.99. The molecule has 7 heteroatoms. The summed E-state index contributed by atoms with van der Waals surface area (Å²) < 4.78 is 25.4. The van der Waals surface area contributed by atoms with Crippen LogP contribution in [0.15, 0.2) is 48.5 Å². The monoisotopic (exact) mass is 404 g/mol. The van der Waals surface area contributed by atoms with Gasteiger partial charge >= 0.3 is 0 Å². The number of carbonyl (C=O) groups excluding carboxylic acids is 1. The van der Waals surface area contributed by atoms with Gasteiger partial charge in [0.2, 0.25) is 10.0 Å². The molecular formula is C20H24N2O3S2. The van der Waals surface area contributed by atoms with E-state index in [-0.39, 0.29) is 11.9 Å². The quantitative estimate of drug-likeness (QED) is 0.721. The van der Waals surface area contributed by atoms with Gasteiger partial charge in [0.05, 0.1) is 11.9 Å². The fourth-order valence-corrected chi connectivity index (χ4v) is 5.43. The van der Waals surface area contributed by atoms with Crippen molar-refractivity contribution in [2.24, 2.45) is 0 Å². The number of rotatable bonds is 7. The van der Waals surface area contributed by atoms with Crippen LogP contribution in [-0.2, 0) is 22.2 Å². The molecule has 144 valence electrons. The van der Waals surface area contributed by atoms with Crippen LogP contribution >= 0.6 is 11.8 Å². The van der Waals surface area contributed by atoms with Gasteiger partial charge in [-0.25, -0.2) is 8.42 Å². The van der Waals surface area contributed by atoms with Gasteiger partial charge in [-0.2, -0.15) is 11.8 Å². The number of benzene rings is 2. The molecule has 1 N–H and O–H groups in total. The van der Waals surface area contributed by atoms with Gasteiger partial charge in [0.25, 0.3) is 5.91 Å². The van der Waals surface area contributed by atoms with Gasteiger partial charge < -0.3 is 5.32 Å². The van der Waals surface area contributed by atoms with E-state index >= 15 is 0 Å². The first-order valence-corrected chi connectivity index (χ1v) is 11.9. The first-order valence-electron chi connectivity index (χ1n) is 8.88. The Morgan fingerprint density at radius 1 is 1.22 bits per heavy atom. The SMILES string of the molecule is C[C@H]1Cc2cc(C(=O)NCCSCc3ccccc3)ccc2N1S(C)(=O)=O. The third-order valence-corrected chi connectivity index (χ3v) is 6.80. The normalized spacial score (nSPS) is 16.2. The van der Waals surface area contributed by atoms with Gasteiger partial charge in [-0.1, -0.05) is 30.3 Å². The highest BCUT2D eigenvalue weighted by molar-refractivity contribution is 7.98. The Morgan fingerprint density at radius 3 is 2.67 bits per heavy atom. The van der Waals surface area contributed by atoms with Crippen LogP contribution in [-0.4, -0.2) is 38.9 Å². The summed E-state index contributed by atoms with van der Waals surface area (Å²) in [6, 6.07) is 15.4. The molecule has 2 aromatic rings. The number of carbonyl (C=O) groups is 1. The third kappa shape index (κ3) is 4.84. The number of hydrogen-bond acceptors (Lipinski definition) is 4. The van der Waals surface area contributed by atoms with E-state index in [1.807, 2.05) is 31.2 Å². The fourth-order valence-electron chi connectivity index (χ4n) is 3.35. The van der Waals surface area contributed by atoms with E-state index in [0.29, 0.717) is 24.2 Å². The molecule has 0 saturated carbocycles. The summed E-state index contributed by atoms with van der Waals surface area (Å²) in [5, 5.41) is 2.94. The molecule has 1 atom stereocenters. The lowest BCUT2D eigenvalue weighted by Crippen LogP contribution is -2.34. The van der Waals surface area contributed by atoms with Gasteiger partial charge in [-0.05, 0) is 42.7 Å². The maximum atomic E-state index is 12.4. The number of amides is 1. The zero-order valence-corrected chi connectivity index (χ0v) is 17.1. The number of fused-ring (bicyclic) bond motifs is 1. The lowest BCUT2D eigenvalue weighted by atomic mass is 10.1. The molecule has 3 rings (SSSR count). The Morgan fingerprint density at radius 2 is 1.96 bits per heavy atom. The minimum Gasteiger partial charge on any atom is -0.351 e. The average molecular weight is 405 g/mol. The molecular weight excluding hydrogens is 380 g/mol. The van der Waals surface area contributed by atoms with Gasteiger partial charge in [0.15, 0.2) is 0 Å². The molecule has 0 aliphatic carbocycles. The van der Waals surface area contributed by atoms with E-state index in [2.05, 4.69) is 17.4 Å².